The van der Waals surface area contributed by atoms with E-state index in [2.05, 4.69) is 10.0 Å². The SMILES string of the molecule is CCOc1ccc(S(=O)(=O)N[C@H](C)C(=O)Nc2cccc(OC)c2)cc1C. The molecule has 7 nitrogen and oxygen atoms in total. The lowest BCUT2D eigenvalue weighted by Gasteiger charge is -2.16. The third-order valence-electron chi connectivity index (χ3n) is 3.82. The molecule has 0 aliphatic heterocycles. The minimum Gasteiger partial charge on any atom is -0.497 e. The summed E-state index contributed by atoms with van der Waals surface area (Å²) in [5.41, 5.74) is 1.22. The van der Waals surface area contributed by atoms with Gasteiger partial charge in [0.15, 0.2) is 0 Å². The Hall–Kier alpha value is -2.58. The van der Waals surface area contributed by atoms with Crippen molar-refractivity contribution in [3.05, 3.63) is 48.0 Å². The number of benzene rings is 2. The Balaban J connectivity index is 2.09. The average Bonchev–Trinajstić information content (AvgIpc) is 2.63. The highest BCUT2D eigenvalue weighted by atomic mass is 32.2. The lowest BCUT2D eigenvalue weighted by molar-refractivity contribution is -0.117. The van der Waals surface area contributed by atoms with Gasteiger partial charge in [-0.05, 0) is 56.7 Å². The summed E-state index contributed by atoms with van der Waals surface area (Å²) >= 11 is 0. The highest BCUT2D eigenvalue weighted by molar-refractivity contribution is 7.89. The maximum absolute atomic E-state index is 12.6. The molecule has 0 heterocycles. The van der Waals surface area contributed by atoms with E-state index in [1.807, 2.05) is 6.92 Å². The molecule has 146 valence electrons. The van der Waals surface area contributed by atoms with E-state index in [-0.39, 0.29) is 4.90 Å². The van der Waals surface area contributed by atoms with Crippen LogP contribution in [0.4, 0.5) is 5.69 Å². The molecule has 2 N–H and O–H groups in total. The fourth-order valence-electron chi connectivity index (χ4n) is 2.41. The van der Waals surface area contributed by atoms with Gasteiger partial charge in [0.1, 0.15) is 11.5 Å². The van der Waals surface area contributed by atoms with E-state index in [9.17, 15) is 13.2 Å². The van der Waals surface area contributed by atoms with Gasteiger partial charge in [-0.1, -0.05) is 6.07 Å². The Kier molecular flexibility index (Phi) is 6.81. The molecule has 27 heavy (non-hydrogen) atoms. The van der Waals surface area contributed by atoms with Gasteiger partial charge in [-0.2, -0.15) is 4.72 Å². The molecule has 8 heteroatoms. The number of hydrogen-bond acceptors (Lipinski definition) is 5. The fraction of sp³-hybridized carbons (Fsp3) is 0.316. The van der Waals surface area contributed by atoms with Gasteiger partial charge in [0.25, 0.3) is 0 Å². The van der Waals surface area contributed by atoms with Crippen LogP contribution in [0.2, 0.25) is 0 Å². The van der Waals surface area contributed by atoms with Crippen LogP contribution in [0.5, 0.6) is 11.5 Å². The smallest absolute Gasteiger partial charge is 0.242 e. The summed E-state index contributed by atoms with van der Waals surface area (Å²) in [6, 6.07) is 10.4. The van der Waals surface area contributed by atoms with Crippen molar-refractivity contribution in [3.63, 3.8) is 0 Å². The largest absolute Gasteiger partial charge is 0.497 e. The summed E-state index contributed by atoms with van der Waals surface area (Å²) in [5, 5.41) is 2.66. The second kappa shape index (κ2) is 8.88. The van der Waals surface area contributed by atoms with E-state index in [1.165, 1.54) is 26.2 Å². The number of methoxy groups -OCH3 is 1. The molecular formula is C19H24N2O5S. The third kappa shape index (κ3) is 5.45. The van der Waals surface area contributed by atoms with Crippen molar-refractivity contribution in [2.45, 2.75) is 31.7 Å². The number of hydrogen-bond donors (Lipinski definition) is 2. The molecule has 0 fully saturated rings. The third-order valence-corrected chi connectivity index (χ3v) is 5.36. The highest BCUT2D eigenvalue weighted by Gasteiger charge is 2.23. The van der Waals surface area contributed by atoms with E-state index in [0.717, 1.165) is 0 Å². The molecule has 0 saturated heterocycles. The van der Waals surface area contributed by atoms with Gasteiger partial charge in [0.05, 0.1) is 24.7 Å². The summed E-state index contributed by atoms with van der Waals surface area (Å²) in [5.74, 6) is 0.737. The number of anilines is 1. The van der Waals surface area contributed by atoms with Crippen LogP contribution in [-0.2, 0) is 14.8 Å². The Morgan fingerprint density at radius 2 is 1.93 bits per heavy atom. The van der Waals surface area contributed by atoms with Gasteiger partial charge in [0.2, 0.25) is 15.9 Å². The predicted octanol–water partition coefficient (Wildman–Crippen LogP) is 2.71. The maximum Gasteiger partial charge on any atom is 0.242 e. The van der Waals surface area contributed by atoms with Crippen molar-refractivity contribution in [3.8, 4) is 11.5 Å². The quantitative estimate of drug-likeness (QED) is 0.720. The molecule has 2 aromatic carbocycles. The molecule has 2 aromatic rings. The molecule has 0 bridgehead atoms. The van der Waals surface area contributed by atoms with Gasteiger partial charge >= 0.3 is 0 Å². The van der Waals surface area contributed by atoms with E-state index in [1.54, 1.807) is 37.3 Å². The van der Waals surface area contributed by atoms with E-state index < -0.39 is 22.0 Å². The Morgan fingerprint density at radius 3 is 2.56 bits per heavy atom. The topological polar surface area (TPSA) is 93.7 Å². The summed E-state index contributed by atoms with van der Waals surface area (Å²) in [6.45, 7) is 5.60. The first-order chi connectivity index (χ1) is 12.8. The number of ether oxygens (including phenoxy) is 2. The van der Waals surface area contributed by atoms with E-state index >= 15 is 0 Å². The number of nitrogens with one attached hydrogen (secondary N) is 2. The number of carbonyl (C=O) groups is 1. The normalized spacial score (nSPS) is 12.3. The lowest BCUT2D eigenvalue weighted by Crippen LogP contribution is -2.41. The van der Waals surface area contributed by atoms with Crippen LogP contribution in [0, 0.1) is 6.92 Å². The van der Waals surface area contributed by atoms with Crippen molar-refractivity contribution < 1.29 is 22.7 Å². The fourth-order valence-corrected chi connectivity index (χ4v) is 3.70. The van der Waals surface area contributed by atoms with Gasteiger partial charge < -0.3 is 14.8 Å². The van der Waals surface area contributed by atoms with Crippen LogP contribution >= 0.6 is 0 Å². The summed E-state index contributed by atoms with van der Waals surface area (Å²) in [4.78, 5) is 12.4. The van der Waals surface area contributed by atoms with Crippen molar-refractivity contribution in [1.82, 2.24) is 4.72 Å². The number of rotatable bonds is 8. The molecular weight excluding hydrogens is 368 g/mol. The molecule has 1 amide bonds. The van der Waals surface area contributed by atoms with Gasteiger partial charge in [-0.3, -0.25) is 4.79 Å². The Morgan fingerprint density at radius 1 is 1.19 bits per heavy atom. The first kappa shape index (κ1) is 20.7. The van der Waals surface area contributed by atoms with Crippen molar-refractivity contribution in [1.29, 1.82) is 0 Å². The number of aryl methyl sites for hydroxylation is 1. The molecule has 0 spiro atoms. The van der Waals surface area contributed by atoms with Gasteiger partial charge in [-0.25, -0.2) is 8.42 Å². The minimum absolute atomic E-state index is 0.0736. The van der Waals surface area contributed by atoms with Gasteiger partial charge in [0, 0.05) is 11.8 Å². The summed E-state index contributed by atoms with van der Waals surface area (Å²) in [7, 11) is -2.33. The zero-order valence-corrected chi connectivity index (χ0v) is 16.6. The van der Waals surface area contributed by atoms with E-state index in [4.69, 9.17) is 9.47 Å². The van der Waals surface area contributed by atoms with Crippen LogP contribution in [0.3, 0.4) is 0 Å². The standard InChI is InChI=1S/C19H24N2O5S/c1-5-26-18-10-9-17(11-13(18)2)27(23,24)21-14(3)19(22)20-15-7-6-8-16(12-15)25-4/h6-12,14,21H,5H2,1-4H3,(H,20,22)/t14-/m1/s1. The van der Waals surface area contributed by atoms with Crippen molar-refractivity contribution >= 4 is 21.6 Å². The molecule has 0 aromatic heterocycles. The number of amides is 1. The molecule has 0 aliphatic rings. The van der Waals surface area contributed by atoms with Crippen LogP contribution in [-0.4, -0.2) is 34.1 Å². The summed E-state index contributed by atoms with van der Waals surface area (Å²) in [6.07, 6.45) is 0. The molecule has 0 aliphatic carbocycles. The monoisotopic (exact) mass is 392 g/mol. The minimum atomic E-state index is -3.85. The molecule has 2 rings (SSSR count). The zero-order chi connectivity index (χ0) is 20.0. The highest BCUT2D eigenvalue weighted by Crippen LogP contribution is 2.22. The van der Waals surface area contributed by atoms with Crippen LogP contribution in [0.1, 0.15) is 19.4 Å². The van der Waals surface area contributed by atoms with E-state index in [0.29, 0.717) is 29.4 Å². The Labute approximate surface area is 159 Å². The van der Waals surface area contributed by atoms with Gasteiger partial charge in [-0.15, -0.1) is 0 Å². The number of sulfonamides is 1. The van der Waals surface area contributed by atoms with Crippen molar-refractivity contribution in [2.24, 2.45) is 0 Å². The predicted molar refractivity (Wildman–Crippen MR) is 104 cm³/mol. The molecule has 0 unspecified atom stereocenters. The van der Waals surface area contributed by atoms with Crippen molar-refractivity contribution in [2.75, 3.05) is 19.0 Å². The van der Waals surface area contributed by atoms with Crippen LogP contribution in [0.15, 0.2) is 47.4 Å². The Bertz CT molecular complexity index is 912. The summed E-state index contributed by atoms with van der Waals surface area (Å²) < 4.78 is 38.0. The molecule has 0 radical (unpaired) electrons. The average molecular weight is 392 g/mol. The lowest BCUT2D eigenvalue weighted by atomic mass is 10.2. The second-order valence-corrected chi connectivity index (χ2v) is 7.64. The molecule has 1 atom stereocenters. The number of carbonyl (C=O) groups excluding carboxylic acids is 1. The second-order valence-electron chi connectivity index (χ2n) is 5.92. The van der Waals surface area contributed by atoms with Crippen LogP contribution in [0.25, 0.3) is 0 Å². The maximum atomic E-state index is 12.6. The zero-order valence-electron chi connectivity index (χ0n) is 15.8. The van der Waals surface area contributed by atoms with Crippen LogP contribution < -0.4 is 19.5 Å². The first-order valence-electron chi connectivity index (χ1n) is 8.47. The first-order valence-corrected chi connectivity index (χ1v) is 9.96. The molecule has 0 saturated carbocycles.